The van der Waals surface area contributed by atoms with Crippen LogP contribution in [0.5, 0.6) is 0 Å². The Bertz CT molecular complexity index is 221. The molecular weight excluding hydrogens is 202 g/mol. The van der Waals surface area contributed by atoms with Gasteiger partial charge < -0.3 is 0 Å². The standard InChI is InChI=1S/C9H18ClN3O/c1-6-8(10)11-7-12-13(5)14-9(2,3)4/h6-7H,1-5H3,(H,11,12)/b8-6-. The molecule has 0 unspecified atom stereocenters. The number of nitrogens with one attached hydrogen (secondary N) is 1. The summed E-state index contributed by atoms with van der Waals surface area (Å²) in [5.74, 6) is 0. The van der Waals surface area contributed by atoms with Gasteiger partial charge in [0, 0.05) is 7.05 Å². The molecule has 0 aromatic heterocycles. The van der Waals surface area contributed by atoms with Gasteiger partial charge in [0.25, 0.3) is 0 Å². The van der Waals surface area contributed by atoms with Crippen molar-refractivity contribution in [3.8, 4) is 0 Å². The molecule has 14 heavy (non-hydrogen) atoms. The van der Waals surface area contributed by atoms with Crippen LogP contribution in [0, 0.1) is 0 Å². The topological polar surface area (TPSA) is 36.9 Å². The van der Waals surface area contributed by atoms with Crippen molar-refractivity contribution in [1.29, 1.82) is 0 Å². The molecule has 0 aromatic rings. The van der Waals surface area contributed by atoms with E-state index < -0.39 is 0 Å². The molecule has 0 aliphatic carbocycles. The number of hydroxylamine groups is 1. The number of nitrogens with zero attached hydrogens (tertiary/aromatic N) is 2. The summed E-state index contributed by atoms with van der Waals surface area (Å²) >= 11 is 5.65. The molecule has 1 N–H and O–H groups in total. The van der Waals surface area contributed by atoms with Gasteiger partial charge in [-0.05, 0) is 27.7 Å². The fourth-order valence-electron chi connectivity index (χ4n) is 0.684. The van der Waals surface area contributed by atoms with Gasteiger partial charge in [-0.2, -0.15) is 0 Å². The van der Waals surface area contributed by atoms with E-state index in [9.17, 15) is 0 Å². The van der Waals surface area contributed by atoms with Crippen molar-refractivity contribution < 1.29 is 4.84 Å². The first kappa shape index (κ1) is 13.4. The van der Waals surface area contributed by atoms with Gasteiger partial charge in [0.2, 0.25) is 0 Å². The van der Waals surface area contributed by atoms with E-state index in [1.54, 1.807) is 13.1 Å². The Labute approximate surface area is 90.5 Å². The SMILES string of the molecule is C/C=C(/Cl)N=CNN(C)OC(C)(C)C. The highest BCUT2D eigenvalue weighted by Crippen LogP contribution is 2.06. The predicted molar refractivity (Wildman–Crippen MR) is 59.8 cm³/mol. The molecule has 0 aliphatic heterocycles. The average molecular weight is 220 g/mol. The van der Waals surface area contributed by atoms with E-state index in [2.05, 4.69) is 10.4 Å². The zero-order chi connectivity index (χ0) is 11.2. The highest BCUT2D eigenvalue weighted by molar-refractivity contribution is 6.29. The van der Waals surface area contributed by atoms with E-state index in [-0.39, 0.29) is 5.60 Å². The summed E-state index contributed by atoms with van der Waals surface area (Å²) < 4.78 is 0. The highest BCUT2D eigenvalue weighted by Gasteiger charge is 2.12. The summed E-state index contributed by atoms with van der Waals surface area (Å²) in [5.41, 5.74) is 2.56. The van der Waals surface area contributed by atoms with Crippen molar-refractivity contribution in [3.63, 3.8) is 0 Å². The third kappa shape index (κ3) is 8.04. The van der Waals surface area contributed by atoms with Crippen LogP contribution in [-0.2, 0) is 4.84 Å². The number of halogens is 1. The molecular formula is C9H18ClN3O. The van der Waals surface area contributed by atoms with Gasteiger partial charge in [0.1, 0.15) is 11.5 Å². The molecule has 0 amide bonds. The Morgan fingerprint density at radius 3 is 2.50 bits per heavy atom. The lowest BCUT2D eigenvalue weighted by molar-refractivity contribution is -0.230. The van der Waals surface area contributed by atoms with Gasteiger partial charge >= 0.3 is 0 Å². The molecule has 0 aromatic carbocycles. The Balaban J connectivity index is 3.86. The van der Waals surface area contributed by atoms with Crippen molar-refractivity contribution in [2.45, 2.75) is 33.3 Å². The third-order valence-electron chi connectivity index (χ3n) is 1.08. The summed E-state index contributed by atoms with van der Waals surface area (Å²) in [6, 6.07) is 0. The summed E-state index contributed by atoms with van der Waals surface area (Å²) in [6.07, 6.45) is 3.17. The predicted octanol–water partition coefficient (Wildman–Crippen LogP) is 2.28. The molecule has 0 heterocycles. The number of hydrogen-bond donors (Lipinski definition) is 1. The van der Waals surface area contributed by atoms with E-state index in [1.807, 2.05) is 27.7 Å². The Morgan fingerprint density at radius 2 is 2.07 bits per heavy atom. The number of hydrogen-bond acceptors (Lipinski definition) is 3. The Hall–Kier alpha value is -0.580. The van der Waals surface area contributed by atoms with Crippen molar-refractivity contribution in [2.24, 2.45) is 4.99 Å². The van der Waals surface area contributed by atoms with Crippen LogP contribution in [0.1, 0.15) is 27.7 Å². The molecule has 0 aliphatic rings. The maximum atomic E-state index is 5.65. The van der Waals surface area contributed by atoms with Crippen LogP contribution in [0.3, 0.4) is 0 Å². The van der Waals surface area contributed by atoms with Crippen LogP contribution < -0.4 is 5.43 Å². The first-order chi connectivity index (χ1) is 6.35. The lowest BCUT2D eigenvalue weighted by Crippen LogP contribution is -2.39. The number of hydrazine groups is 1. The monoisotopic (exact) mass is 219 g/mol. The normalized spacial score (nSPS) is 14.1. The minimum absolute atomic E-state index is 0.236. The minimum Gasteiger partial charge on any atom is -0.286 e. The number of aliphatic imine (C=N–C) groups is 1. The summed E-state index contributed by atoms with van der Waals surface area (Å²) in [5, 5.41) is 1.91. The zero-order valence-electron chi connectivity index (χ0n) is 9.34. The lowest BCUT2D eigenvalue weighted by atomic mass is 10.2. The van der Waals surface area contributed by atoms with E-state index in [4.69, 9.17) is 16.4 Å². The lowest BCUT2D eigenvalue weighted by Gasteiger charge is -2.25. The smallest absolute Gasteiger partial charge is 0.126 e. The maximum absolute atomic E-state index is 5.65. The third-order valence-corrected chi connectivity index (χ3v) is 1.39. The van der Waals surface area contributed by atoms with E-state index in [1.165, 1.54) is 11.5 Å². The molecule has 0 spiro atoms. The molecule has 5 heteroatoms. The van der Waals surface area contributed by atoms with Crippen LogP contribution in [0.2, 0.25) is 0 Å². The molecule has 82 valence electrons. The summed E-state index contributed by atoms with van der Waals surface area (Å²) in [7, 11) is 1.75. The quantitative estimate of drug-likeness (QED) is 0.341. The van der Waals surface area contributed by atoms with Gasteiger partial charge in [0.15, 0.2) is 0 Å². The highest BCUT2D eigenvalue weighted by atomic mass is 35.5. The largest absolute Gasteiger partial charge is 0.286 e. The second kappa shape index (κ2) is 6.01. The van der Waals surface area contributed by atoms with E-state index >= 15 is 0 Å². The van der Waals surface area contributed by atoms with Crippen LogP contribution in [0.4, 0.5) is 0 Å². The molecule has 0 atom stereocenters. The average Bonchev–Trinajstić information content (AvgIpc) is 2.00. The van der Waals surface area contributed by atoms with Crippen molar-refractivity contribution >= 4 is 17.9 Å². The van der Waals surface area contributed by atoms with Gasteiger partial charge in [0.05, 0.1) is 5.60 Å². The van der Waals surface area contributed by atoms with E-state index in [0.29, 0.717) is 5.16 Å². The summed E-state index contributed by atoms with van der Waals surface area (Å²) in [4.78, 5) is 9.30. The van der Waals surface area contributed by atoms with Crippen molar-refractivity contribution in [2.75, 3.05) is 7.05 Å². The second-order valence-corrected chi connectivity index (χ2v) is 4.09. The molecule has 0 fully saturated rings. The van der Waals surface area contributed by atoms with Gasteiger partial charge in [-0.1, -0.05) is 17.7 Å². The number of allylic oxidation sites excluding steroid dienone is 1. The molecule has 0 saturated carbocycles. The molecule has 0 saturated heterocycles. The van der Waals surface area contributed by atoms with Crippen LogP contribution >= 0.6 is 11.6 Å². The summed E-state index contributed by atoms with van der Waals surface area (Å²) in [6.45, 7) is 7.69. The van der Waals surface area contributed by atoms with Crippen molar-refractivity contribution in [1.82, 2.24) is 10.6 Å². The molecule has 4 nitrogen and oxygen atoms in total. The van der Waals surface area contributed by atoms with Gasteiger partial charge in [-0.3, -0.25) is 10.3 Å². The minimum atomic E-state index is -0.236. The molecule has 0 radical (unpaired) electrons. The van der Waals surface area contributed by atoms with Crippen molar-refractivity contribution in [3.05, 3.63) is 11.2 Å². The fourth-order valence-corrected chi connectivity index (χ4v) is 0.732. The zero-order valence-corrected chi connectivity index (χ0v) is 10.1. The number of rotatable bonds is 4. The molecule has 0 rings (SSSR count). The Kier molecular flexibility index (Phi) is 5.76. The van der Waals surface area contributed by atoms with Crippen LogP contribution in [-0.4, -0.2) is 24.2 Å². The van der Waals surface area contributed by atoms with E-state index in [0.717, 1.165) is 0 Å². The van der Waals surface area contributed by atoms with Crippen LogP contribution in [0.15, 0.2) is 16.2 Å². The molecule has 0 bridgehead atoms. The first-order valence-electron chi connectivity index (χ1n) is 4.38. The van der Waals surface area contributed by atoms with Gasteiger partial charge in [-0.15, -0.1) is 5.17 Å². The fraction of sp³-hybridized carbons (Fsp3) is 0.667. The second-order valence-electron chi connectivity index (χ2n) is 3.70. The Morgan fingerprint density at radius 1 is 1.50 bits per heavy atom. The maximum Gasteiger partial charge on any atom is 0.126 e. The van der Waals surface area contributed by atoms with Crippen LogP contribution in [0.25, 0.3) is 0 Å². The van der Waals surface area contributed by atoms with Gasteiger partial charge in [-0.25, -0.2) is 4.99 Å². The first-order valence-corrected chi connectivity index (χ1v) is 4.76.